The molecule has 19 heavy (non-hydrogen) atoms. The van der Waals surface area contributed by atoms with Crippen LogP contribution in [-0.2, 0) is 4.74 Å². The number of ether oxygens (including phenoxy) is 2. The number of hydrogen-bond donors (Lipinski definition) is 1. The lowest BCUT2D eigenvalue weighted by molar-refractivity contribution is -0.887. The lowest BCUT2D eigenvalue weighted by Crippen LogP contribution is -3.10. The first-order valence-corrected chi connectivity index (χ1v) is 7.85. The summed E-state index contributed by atoms with van der Waals surface area (Å²) in [6.07, 6.45) is 2.75. The van der Waals surface area contributed by atoms with Crippen molar-refractivity contribution in [3.05, 3.63) is 28.2 Å². The normalized spacial score (nSPS) is 15.9. The summed E-state index contributed by atoms with van der Waals surface area (Å²) in [5.41, 5.74) is 1.23. The maximum atomic E-state index is 5.69. The Bertz CT molecular complexity index is 392. The van der Waals surface area contributed by atoms with Crippen molar-refractivity contribution in [2.24, 2.45) is 0 Å². The van der Waals surface area contributed by atoms with Crippen molar-refractivity contribution in [1.82, 2.24) is 0 Å². The average Bonchev–Trinajstić information content (AvgIpc) is 2.89. The van der Waals surface area contributed by atoms with Crippen LogP contribution in [0.3, 0.4) is 0 Å². The monoisotopic (exact) mass is 328 g/mol. The van der Waals surface area contributed by atoms with E-state index in [1.807, 2.05) is 6.07 Å². The minimum atomic E-state index is 0.608. The molecular formula is C15H23BrNO2+. The Morgan fingerprint density at radius 3 is 2.68 bits per heavy atom. The highest BCUT2D eigenvalue weighted by Gasteiger charge is 2.14. The molecule has 1 aliphatic rings. The summed E-state index contributed by atoms with van der Waals surface area (Å²) < 4.78 is 12.3. The number of halogens is 1. The second-order valence-corrected chi connectivity index (χ2v) is 5.96. The van der Waals surface area contributed by atoms with Gasteiger partial charge in [0.1, 0.15) is 18.9 Å². The number of nitrogens with one attached hydrogen (secondary N) is 1. The Kier molecular flexibility index (Phi) is 6.14. The van der Waals surface area contributed by atoms with E-state index in [0.29, 0.717) is 13.2 Å². The zero-order valence-corrected chi connectivity index (χ0v) is 13.2. The fourth-order valence-corrected chi connectivity index (χ4v) is 2.98. The zero-order chi connectivity index (χ0) is 13.5. The Morgan fingerprint density at radius 2 is 1.95 bits per heavy atom. The van der Waals surface area contributed by atoms with Crippen LogP contribution in [0, 0.1) is 6.92 Å². The maximum absolute atomic E-state index is 5.69. The van der Waals surface area contributed by atoms with E-state index in [1.54, 1.807) is 4.90 Å². The first-order valence-electron chi connectivity index (χ1n) is 7.06. The smallest absolute Gasteiger partial charge is 0.133 e. The minimum Gasteiger partial charge on any atom is -0.490 e. The second-order valence-electron chi connectivity index (χ2n) is 5.10. The highest BCUT2D eigenvalue weighted by atomic mass is 79.9. The average molecular weight is 329 g/mol. The lowest BCUT2D eigenvalue weighted by atomic mass is 10.2. The van der Waals surface area contributed by atoms with E-state index in [0.717, 1.165) is 23.4 Å². The first-order chi connectivity index (χ1) is 9.25. The van der Waals surface area contributed by atoms with Gasteiger partial charge in [-0.1, -0.05) is 6.07 Å². The van der Waals surface area contributed by atoms with Crippen LogP contribution in [0.1, 0.15) is 18.4 Å². The topological polar surface area (TPSA) is 22.9 Å². The molecule has 0 bridgehead atoms. The molecule has 4 heteroatoms. The van der Waals surface area contributed by atoms with Gasteiger partial charge in [-0.05, 0) is 40.5 Å². The van der Waals surface area contributed by atoms with Gasteiger partial charge in [-0.3, -0.25) is 0 Å². The van der Waals surface area contributed by atoms with Gasteiger partial charge in [0, 0.05) is 12.8 Å². The van der Waals surface area contributed by atoms with Gasteiger partial charge in [0.25, 0.3) is 0 Å². The van der Waals surface area contributed by atoms with Crippen LogP contribution in [0.5, 0.6) is 5.75 Å². The van der Waals surface area contributed by atoms with Crippen molar-refractivity contribution >= 4 is 15.9 Å². The molecule has 0 spiro atoms. The number of quaternary nitrogens is 1. The summed E-state index contributed by atoms with van der Waals surface area (Å²) in [5.74, 6) is 0.888. The molecule has 1 heterocycles. The van der Waals surface area contributed by atoms with Crippen molar-refractivity contribution in [3.8, 4) is 5.75 Å². The second kappa shape index (κ2) is 7.88. The van der Waals surface area contributed by atoms with Gasteiger partial charge in [-0.15, -0.1) is 0 Å². The standard InChI is InChI=1S/C15H22BrNO2/c1-13-4-5-15(14(16)12-13)19-11-10-18-9-8-17-6-2-3-7-17/h4-5,12H,2-3,6-11H2,1H3/p+1. The molecule has 0 saturated carbocycles. The summed E-state index contributed by atoms with van der Waals surface area (Å²) in [6.45, 7) is 7.94. The van der Waals surface area contributed by atoms with E-state index in [-0.39, 0.29) is 0 Å². The molecule has 1 saturated heterocycles. The summed E-state index contributed by atoms with van der Waals surface area (Å²) in [5, 5.41) is 0. The molecular weight excluding hydrogens is 306 g/mol. The summed E-state index contributed by atoms with van der Waals surface area (Å²) in [4.78, 5) is 1.68. The van der Waals surface area contributed by atoms with Crippen molar-refractivity contribution in [2.75, 3.05) is 39.5 Å². The highest BCUT2D eigenvalue weighted by Crippen LogP contribution is 2.25. The third-order valence-corrected chi connectivity index (χ3v) is 4.10. The maximum Gasteiger partial charge on any atom is 0.133 e. The largest absolute Gasteiger partial charge is 0.490 e. The molecule has 0 atom stereocenters. The molecule has 0 radical (unpaired) electrons. The summed E-state index contributed by atoms with van der Waals surface area (Å²) in [6, 6.07) is 6.11. The highest BCUT2D eigenvalue weighted by molar-refractivity contribution is 9.10. The van der Waals surface area contributed by atoms with Crippen LogP contribution in [0.25, 0.3) is 0 Å². The number of likely N-dealkylation sites (tertiary alicyclic amines) is 1. The molecule has 1 aliphatic heterocycles. The fraction of sp³-hybridized carbons (Fsp3) is 0.600. The van der Waals surface area contributed by atoms with Gasteiger partial charge >= 0.3 is 0 Å². The molecule has 0 amide bonds. The molecule has 0 aliphatic carbocycles. The first kappa shape index (κ1) is 14.8. The van der Waals surface area contributed by atoms with Crippen molar-refractivity contribution in [3.63, 3.8) is 0 Å². The van der Waals surface area contributed by atoms with Crippen molar-refractivity contribution in [1.29, 1.82) is 0 Å². The van der Waals surface area contributed by atoms with E-state index in [1.165, 1.54) is 31.5 Å². The van der Waals surface area contributed by atoms with Gasteiger partial charge in [0.05, 0.1) is 30.8 Å². The Balaban J connectivity index is 1.56. The van der Waals surface area contributed by atoms with Gasteiger partial charge in [0.2, 0.25) is 0 Å². The van der Waals surface area contributed by atoms with E-state index in [4.69, 9.17) is 9.47 Å². The van der Waals surface area contributed by atoms with E-state index in [9.17, 15) is 0 Å². The predicted octanol–water partition coefficient (Wildman–Crippen LogP) is 1.83. The summed E-state index contributed by atoms with van der Waals surface area (Å²) >= 11 is 3.51. The number of benzene rings is 1. The number of rotatable bonds is 7. The molecule has 1 aromatic carbocycles. The van der Waals surface area contributed by atoms with Crippen molar-refractivity contribution in [2.45, 2.75) is 19.8 Å². The predicted molar refractivity (Wildman–Crippen MR) is 80.0 cm³/mol. The molecule has 2 rings (SSSR count). The zero-order valence-electron chi connectivity index (χ0n) is 11.6. The van der Waals surface area contributed by atoms with Gasteiger partial charge in [-0.2, -0.15) is 0 Å². The van der Waals surface area contributed by atoms with Gasteiger partial charge in [0.15, 0.2) is 0 Å². The van der Waals surface area contributed by atoms with E-state index in [2.05, 4.69) is 35.0 Å². The Labute approximate surface area is 124 Å². The van der Waals surface area contributed by atoms with Crippen LogP contribution in [-0.4, -0.2) is 39.5 Å². The lowest BCUT2D eigenvalue weighted by Gasteiger charge is -2.12. The molecule has 1 fully saturated rings. The fourth-order valence-electron chi connectivity index (χ4n) is 2.38. The summed E-state index contributed by atoms with van der Waals surface area (Å²) in [7, 11) is 0. The molecule has 1 aromatic rings. The van der Waals surface area contributed by atoms with Crippen LogP contribution in [0.2, 0.25) is 0 Å². The molecule has 0 unspecified atom stereocenters. The molecule has 3 nitrogen and oxygen atoms in total. The molecule has 1 N–H and O–H groups in total. The van der Waals surface area contributed by atoms with Crippen LogP contribution in [0.15, 0.2) is 22.7 Å². The van der Waals surface area contributed by atoms with Crippen LogP contribution in [0.4, 0.5) is 0 Å². The van der Waals surface area contributed by atoms with E-state index >= 15 is 0 Å². The molecule has 0 aromatic heterocycles. The Hall–Kier alpha value is -0.580. The van der Waals surface area contributed by atoms with Gasteiger partial charge < -0.3 is 14.4 Å². The molecule has 106 valence electrons. The minimum absolute atomic E-state index is 0.608. The van der Waals surface area contributed by atoms with Crippen molar-refractivity contribution < 1.29 is 14.4 Å². The SMILES string of the molecule is Cc1ccc(OCCOCC[NH+]2CCCC2)c(Br)c1. The number of hydrogen-bond acceptors (Lipinski definition) is 2. The Morgan fingerprint density at radius 1 is 1.16 bits per heavy atom. The van der Waals surface area contributed by atoms with Crippen LogP contribution >= 0.6 is 15.9 Å². The third-order valence-electron chi connectivity index (χ3n) is 3.48. The van der Waals surface area contributed by atoms with E-state index < -0.39 is 0 Å². The number of aryl methyl sites for hydroxylation is 1. The quantitative estimate of drug-likeness (QED) is 0.772. The van der Waals surface area contributed by atoms with Gasteiger partial charge in [-0.25, -0.2) is 0 Å². The third kappa shape index (κ3) is 5.13. The van der Waals surface area contributed by atoms with Crippen LogP contribution < -0.4 is 9.64 Å².